The van der Waals surface area contributed by atoms with Crippen LogP contribution in [0, 0.1) is 6.92 Å². The van der Waals surface area contributed by atoms with Gasteiger partial charge in [0, 0.05) is 23.3 Å². The number of rotatable bonds is 5. The van der Waals surface area contributed by atoms with E-state index in [0.717, 1.165) is 17.1 Å². The van der Waals surface area contributed by atoms with Crippen molar-refractivity contribution in [1.82, 2.24) is 15.6 Å². The quantitative estimate of drug-likeness (QED) is 0.774. The van der Waals surface area contributed by atoms with Crippen molar-refractivity contribution in [2.45, 2.75) is 31.9 Å². The summed E-state index contributed by atoms with van der Waals surface area (Å²) in [6, 6.07) is 3.93. The number of thiazole rings is 1. The van der Waals surface area contributed by atoms with Gasteiger partial charge in [-0.2, -0.15) is 0 Å². The highest BCUT2D eigenvalue weighted by Crippen LogP contribution is 2.29. The molecule has 2 aromatic rings. The Labute approximate surface area is 137 Å². The molecular formula is C15H19N3O2S2. The number of aromatic nitrogens is 1. The number of carbonyl (C=O) groups excluding carboxylic acids is 1. The molecule has 3 rings (SSSR count). The first-order valence-corrected chi connectivity index (χ1v) is 9.02. The SMILES string of the molecule is Cc1nc(-c2ccc(CCNC(=O)[C@@H]3C[C@H](O)CN3)s2)cs1. The molecular weight excluding hydrogens is 318 g/mol. The van der Waals surface area contributed by atoms with E-state index in [9.17, 15) is 9.90 Å². The van der Waals surface area contributed by atoms with Crippen molar-refractivity contribution >= 4 is 28.6 Å². The number of aliphatic hydroxyl groups is 1. The highest BCUT2D eigenvalue weighted by atomic mass is 32.1. The zero-order valence-electron chi connectivity index (χ0n) is 12.3. The van der Waals surface area contributed by atoms with Crippen LogP contribution in [-0.4, -0.2) is 41.2 Å². The van der Waals surface area contributed by atoms with Gasteiger partial charge in [0.05, 0.1) is 27.7 Å². The van der Waals surface area contributed by atoms with E-state index in [1.54, 1.807) is 22.7 Å². The smallest absolute Gasteiger partial charge is 0.237 e. The Bertz CT molecular complexity index is 653. The molecule has 0 bridgehead atoms. The fourth-order valence-electron chi connectivity index (χ4n) is 2.48. The van der Waals surface area contributed by atoms with Gasteiger partial charge in [0.15, 0.2) is 0 Å². The van der Waals surface area contributed by atoms with E-state index >= 15 is 0 Å². The minimum Gasteiger partial charge on any atom is -0.392 e. The number of thiophene rings is 1. The zero-order valence-corrected chi connectivity index (χ0v) is 14.0. The molecule has 3 heterocycles. The van der Waals surface area contributed by atoms with E-state index in [2.05, 4.69) is 33.1 Å². The molecule has 1 saturated heterocycles. The lowest BCUT2D eigenvalue weighted by atomic mass is 10.2. The molecule has 0 saturated carbocycles. The van der Waals surface area contributed by atoms with Gasteiger partial charge in [0.25, 0.3) is 0 Å². The van der Waals surface area contributed by atoms with Crippen LogP contribution in [0.1, 0.15) is 16.3 Å². The summed E-state index contributed by atoms with van der Waals surface area (Å²) >= 11 is 3.38. The Morgan fingerprint density at radius 2 is 2.41 bits per heavy atom. The minimum atomic E-state index is -0.405. The van der Waals surface area contributed by atoms with E-state index < -0.39 is 6.10 Å². The van der Waals surface area contributed by atoms with Gasteiger partial charge in [-0.15, -0.1) is 22.7 Å². The van der Waals surface area contributed by atoms with Crippen molar-refractivity contribution in [1.29, 1.82) is 0 Å². The van der Waals surface area contributed by atoms with Crippen molar-refractivity contribution in [3.8, 4) is 10.6 Å². The molecule has 2 atom stereocenters. The Morgan fingerprint density at radius 3 is 3.09 bits per heavy atom. The lowest BCUT2D eigenvalue weighted by Gasteiger charge is -2.10. The van der Waals surface area contributed by atoms with Gasteiger partial charge in [0.2, 0.25) is 5.91 Å². The average Bonchev–Trinajstić information content (AvgIpc) is 3.19. The molecule has 118 valence electrons. The van der Waals surface area contributed by atoms with Gasteiger partial charge >= 0.3 is 0 Å². The molecule has 1 aliphatic heterocycles. The highest BCUT2D eigenvalue weighted by Gasteiger charge is 2.27. The van der Waals surface area contributed by atoms with E-state index in [4.69, 9.17) is 0 Å². The second kappa shape index (κ2) is 6.87. The molecule has 1 aliphatic rings. The number of nitrogens with zero attached hydrogens (tertiary/aromatic N) is 1. The van der Waals surface area contributed by atoms with Crippen LogP contribution >= 0.6 is 22.7 Å². The predicted octanol–water partition coefficient (Wildman–Crippen LogP) is 1.56. The molecule has 0 radical (unpaired) electrons. The molecule has 0 spiro atoms. The van der Waals surface area contributed by atoms with Crippen molar-refractivity contribution in [2.75, 3.05) is 13.1 Å². The fraction of sp³-hybridized carbons (Fsp3) is 0.467. The summed E-state index contributed by atoms with van der Waals surface area (Å²) < 4.78 is 0. The molecule has 7 heteroatoms. The topological polar surface area (TPSA) is 74.2 Å². The van der Waals surface area contributed by atoms with Crippen LogP contribution in [0.2, 0.25) is 0 Å². The summed E-state index contributed by atoms with van der Waals surface area (Å²) in [7, 11) is 0. The number of carbonyl (C=O) groups is 1. The maximum absolute atomic E-state index is 11.9. The van der Waals surface area contributed by atoms with Crippen LogP contribution in [0.25, 0.3) is 10.6 Å². The summed E-state index contributed by atoms with van der Waals surface area (Å²) in [5.74, 6) is -0.0246. The van der Waals surface area contributed by atoms with Crippen LogP contribution in [0.5, 0.6) is 0 Å². The predicted molar refractivity (Wildman–Crippen MR) is 89.3 cm³/mol. The van der Waals surface area contributed by atoms with Gasteiger partial charge in [-0.1, -0.05) is 0 Å². The molecule has 0 unspecified atom stereocenters. The third-order valence-corrected chi connectivity index (χ3v) is 5.57. The number of β-amino-alcohol motifs (C(OH)–C–C–N with tert-alkyl or cyclic N) is 1. The second-order valence-electron chi connectivity index (χ2n) is 5.41. The molecule has 0 aromatic carbocycles. The normalized spacial score (nSPS) is 21.2. The molecule has 1 amide bonds. The number of aliphatic hydroxyl groups excluding tert-OH is 1. The first-order chi connectivity index (χ1) is 10.6. The maximum atomic E-state index is 11.9. The number of aryl methyl sites for hydroxylation is 1. The summed E-state index contributed by atoms with van der Waals surface area (Å²) in [6.45, 7) is 3.12. The van der Waals surface area contributed by atoms with Crippen molar-refractivity contribution < 1.29 is 9.90 Å². The van der Waals surface area contributed by atoms with Gasteiger partial charge in [-0.3, -0.25) is 4.79 Å². The van der Waals surface area contributed by atoms with Crippen molar-refractivity contribution in [2.24, 2.45) is 0 Å². The van der Waals surface area contributed by atoms with Crippen molar-refractivity contribution in [3.05, 3.63) is 27.4 Å². The Hall–Kier alpha value is -1.28. The van der Waals surface area contributed by atoms with Crippen molar-refractivity contribution in [3.63, 3.8) is 0 Å². The van der Waals surface area contributed by atoms with Gasteiger partial charge in [0.1, 0.15) is 0 Å². The van der Waals surface area contributed by atoms with E-state index in [1.807, 2.05) is 6.92 Å². The standard InChI is InChI=1S/C15H19N3O2S2/c1-9-18-13(8-21-9)14-3-2-11(22-14)4-5-16-15(20)12-6-10(19)7-17-12/h2-3,8,10,12,17,19H,4-7H2,1H3,(H,16,20)/t10-,12-/m0/s1. The lowest BCUT2D eigenvalue weighted by Crippen LogP contribution is -2.41. The third-order valence-electron chi connectivity index (χ3n) is 3.63. The Kier molecular flexibility index (Phi) is 4.87. The fourth-order valence-corrected chi connectivity index (χ4v) is 4.13. The molecule has 22 heavy (non-hydrogen) atoms. The molecule has 3 N–H and O–H groups in total. The van der Waals surface area contributed by atoms with Crippen LogP contribution in [0.3, 0.4) is 0 Å². The Morgan fingerprint density at radius 1 is 1.55 bits per heavy atom. The highest BCUT2D eigenvalue weighted by molar-refractivity contribution is 7.16. The van der Waals surface area contributed by atoms with Gasteiger partial charge < -0.3 is 15.7 Å². The minimum absolute atomic E-state index is 0.0246. The molecule has 0 aliphatic carbocycles. The average molecular weight is 337 g/mol. The summed E-state index contributed by atoms with van der Waals surface area (Å²) in [4.78, 5) is 18.8. The van der Waals surface area contributed by atoms with Crippen LogP contribution in [0.15, 0.2) is 17.5 Å². The van der Waals surface area contributed by atoms with E-state index in [-0.39, 0.29) is 11.9 Å². The molecule has 1 fully saturated rings. The molecule has 5 nitrogen and oxygen atoms in total. The van der Waals surface area contributed by atoms with E-state index in [1.165, 1.54) is 9.75 Å². The zero-order chi connectivity index (χ0) is 15.5. The number of hydrogen-bond acceptors (Lipinski definition) is 6. The number of hydrogen-bond donors (Lipinski definition) is 3. The summed E-state index contributed by atoms with van der Waals surface area (Å²) in [5.41, 5.74) is 1.03. The van der Waals surface area contributed by atoms with Crippen LogP contribution in [-0.2, 0) is 11.2 Å². The monoisotopic (exact) mass is 337 g/mol. The maximum Gasteiger partial charge on any atom is 0.237 e. The number of amides is 1. The first-order valence-electron chi connectivity index (χ1n) is 7.32. The Balaban J connectivity index is 1.48. The van der Waals surface area contributed by atoms with Gasteiger partial charge in [-0.05, 0) is 31.9 Å². The second-order valence-corrected chi connectivity index (χ2v) is 7.64. The lowest BCUT2D eigenvalue weighted by molar-refractivity contribution is -0.122. The largest absolute Gasteiger partial charge is 0.392 e. The molecule has 2 aromatic heterocycles. The number of nitrogens with one attached hydrogen (secondary N) is 2. The third kappa shape index (κ3) is 3.73. The summed E-state index contributed by atoms with van der Waals surface area (Å²) in [5, 5.41) is 18.5. The first kappa shape index (κ1) is 15.6. The van der Waals surface area contributed by atoms with Crippen LogP contribution in [0.4, 0.5) is 0 Å². The summed E-state index contributed by atoms with van der Waals surface area (Å²) in [6.07, 6.45) is 0.907. The van der Waals surface area contributed by atoms with E-state index in [0.29, 0.717) is 19.5 Å². The van der Waals surface area contributed by atoms with Gasteiger partial charge in [-0.25, -0.2) is 4.98 Å². The van der Waals surface area contributed by atoms with Crippen LogP contribution < -0.4 is 10.6 Å².